The molecule has 3 rings (SSSR count). The Morgan fingerprint density at radius 3 is 2.39 bits per heavy atom. The maximum Gasteiger partial charge on any atom is 0.243 e. The van der Waals surface area contributed by atoms with Gasteiger partial charge in [0.2, 0.25) is 10.0 Å². The lowest BCUT2D eigenvalue weighted by molar-refractivity contribution is -0.0288. The third kappa shape index (κ3) is 3.50. The van der Waals surface area contributed by atoms with Gasteiger partial charge in [-0.15, -0.1) is 0 Å². The molecule has 0 spiro atoms. The molecule has 1 heterocycles. The van der Waals surface area contributed by atoms with E-state index in [0.717, 1.165) is 10.0 Å². The van der Waals surface area contributed by atoms with Crippen LogP contribution >= 0.6 is 15.9 Å². The largest absolute Gasteiger partial charge is 0.370 e. The Hall–Kier alpha value is -1.21. The molecule has 0 aliphatic carbocycles. The Labute approximate surface area is 145 Å². The van der Waals surface area contributed by atoms with Crippen LogP contribution in [0.15, 0.2) is 64.0 Å². The van der Waals surface area contributed by atoms with E-state index < -0.39 is 10.0 Å². The number of hydrogen-bond acceptors (Lipinski definition) is 3. The van der Waals surface area contributed by atoms with E-state index in [9.17, 15) is 8.42 Å². The van der Waals surface area contributed by atoms with Crippen LogP contribution in [0.4, 0.5) is 0 Å². The van der Waals surface area contributed by atoms with Crippen LogP contribution in [0.5, 0.6) is 0 Å². The molecule has 1 saturated heterocycles. The Bertz CT molecular complexity index is 762. The molecule has 2 aromatic rings. The minimum absolute atomic E-state index is 0.191. The standard InChI is InChI=1S/C17H18BrNO3S/c1-13-12-22-17(14-5-3-2-4-6-14)11-19(13)23(20,21)16-9-7-15(18)8-10-16/h2-10,13,17H,11-12H2,1H3. The first-order valence-electron chi connectivity index (χ1n) is 7.42. The number of ether oxygens (including phenoxy) is 1. The maximum atomic E-state index is 12.9. The summed E-state index contributed by atoms with van der Waals surface area (Å²) in [5, 5.41) is 0. The molecule has 0 aromatic heterocycles. The molecule has 1 fully saturated rings. The quantitative estimate of drug-likeness (QED) is 0.797. The monoisotopic (exact) mass is 395 g/mol. The molecule has 1 aliphatic heterocycles. The lowest BCUT2D eigenvalue weighted by atomic mass is 10.1. The van der Waals surface area contributed by atoms with Gasteiger partial charge in [0.1, 0.15) is 0 Å². The average Bonchev–Trinajstić information content (AvgIpc) is 2.56. The molecule has 4 nitrogen and oxygen atoms in total. The van der Waals surface area contributed by atoms with E-state index in [0.29, 0.717) is 18.0 Å². The first-order chi connectivity index (χ1) is 11.0. The van der Waals surface area contributed by atoms with Crippen molar-refractivity contribution in [2.24, 2.45) is 0 Å². The molecule has 23 heavy (non-hydrogen) atoms. The van der Waals surface area contributed by atoms with Gasteiger partial charge >= 0.3 is 0 Å². The summed E-state index contributed by atoms with van der Waals surface area (Å²) in [6, 6.07) is 16.3. The van der Waals surface area contributed by atoms with Gasteiger partial charge in [-0.1, -0.05) is 46.3 Å². The van der Waals surface area contributed by atoms with Crippen molar-refractivity contribution >= 4 is 26.0 Å². The van der Waals surface area contributed by atoms with E-state index in [1.807, 2.05) is 37.3 Å². The van der Waals surface area contributed by atoms with Crippen molar-refractivity contribution in [2.45, 2.75) is 24.0 Å². The van der Waals surface area contributed by atoms with Gasteiger partial charge in [0, 0.05) is 17.1 Å². The SMILES string of the molecule is CC1COC(c2ccccc2)CN1S(=O)(=O)c1ccc(Br)cc1. The summed E-state index contributed by atoms with van der Waals surface area (Å²) in [5.74, 6) is 0. The highest BCUT2D eigenvalue weighted by Crippen LogP contribution is 2.29. The van der Waals surface area contributed by atoms with Crippen LogP contribution in [0.3, 0.4) is 0 Å². The summed E-state index contributed by atoms with van der Waals surface area (Å²) in [4.78, 5) is 0.307. The number of benzene rings is 2. The molecular formula is C17H18BrNO3S. The van der Waals surface area contributed by atoms with Gasteiger partial charge in [0.25, 0.3) is 0 Å². The van der Waals surface area contributed by atoms with E-state index in [1.165, 1.54) is 4.31 Å². The van der Waals surface area contributed by atoms with Crippen LogP contribution in [0.2, 0.25) is 0 Å². The summed E-state index contributed by atoms with van der Waals surface area (Å²) in [6.07, 6.45) is -0.238. The van der Waals surface area contributed by atoms with Gasteiger partial charge < -0.3 is 4.74 Å². The number of halogens is 1. The van der Waals surface area contributed by atoms with Crippen LogP contribution < -0.4 is 0 Å². The van der Waals surface area contributed by atoms with Gasteiger partial charge in [0.05, 0.1) is 17.6 Å². The first-order valence-corrected chi connectivity index (χ1v) is 9.66. The molecule has 0 bridgehead atoms. The minimum atomic E-state index is -3.54. The minimum Gasteiger partial charge on any atom is -0.370 e. The lowest BCUT2D eigenvalue weighted by Gasteiger charge is -2.37. The smallest absolute Gasteiger partial charge is 0.243 e. The Kier molecular flexibility index (Phi) is 4.87. The Balaban J connectivity index is 1.89. The predicted molar refractivity (Wildman–Crippen MR) is 92.6 cm³/mol. The van der Waals surface area contributed by atoms with Crippen LogP contribution in [0, 0.1) is 0 Å². The molecule has 2 aromatic carbocycles. The van der Waals surface area contributed by atoms with Crippen LogP contribution in [0.25, 0.3) is 0 Å². The van der Waals surface area contributed by atoms with Crippen molar-refractivity contribution in [2.75, 3.05) is 13.2 Å². The summed E-state index contributed by atoms with van der Waals surface area (Å²) in [5.41, 5.74) is 0.996. The van der Waals surface area contributed by atoms with Crippen molar-refractivity contribution in [1.29, 1.82) is 0 Å². The predicted octanol–water partition coefficient (Wildman–Crippen LogP) is 3.60. The molecule has 122 valence electrons. The molecule has 2 atom stereocenters. The van der Waals surface area contributed by atoms with Gasteiger partial charge in [-0.25, -0.2) is 8.42 Å². The normalized spacial score (nSPS) is 22.9. The van der Waals surface area contributed by atoms with Crippen LogP contribution in [0.1, 0.15) is 18.6 Å². The molecule has 1 aliphatic rings. The van der Waals surface area contributed by atoms with E-state index in [4.69, 9.17) is 4.74 Å². The fraction of sp³-hybridized carbons (Fsp3) is 0.294. The van der Waals surface area contributed by atoms with E-state index in [-0.39, 0.29) is 12.1 Å². The molecular weight excluding hydrogens is 378 g/mol. The molecule has 6 heteroatoms. The summed E-state index contributed by atoms with van der Waals surface area (Å²) in [7, 11) is -3.54. The molecule has 0 amide bonds. The highest BCUT2D eigenvalue weighted by Gasteiger charge is 2.36. The number of nitrogens with zero attached hydrogens (tertiary/aromatic N) is 1. The molecule has 0 radical (unpaired) electrons. The number of hydrogen-bond donors (Lipinski definition) is 0. The zero-order valence-electron chi connectivity index (χ0n) is 12.7. The highest BCUT2D eigenvalue weighted by atomic mass is 79.9. The first kappa shape index (κ1) is 16.6. The second kappa shape index (κ2) is 6.73. The second-order valence-corrected chi connectivity index (χ2v) is 8.42. The lowest BCUT2D eigenvalue weighted by Crippen LogP contribution is -2.48. The van der Waals surface area contributed by atoms with Crippen molar-refractivity contribution in [3.05, 3.63) is 64.6 Å². The highest BCUT2D eigenvalue weighted by molar-refractivity contribution is 9.10. The molecule has 0 N–H and O–H groups in total. The van der Waals surface area contributed by atoms with Gasteiger partial charge in [-0.2, -0.15) is 4.31 Å². The number of morpholine rings is 1. The van der Waals surface area contributed by atoms with Crippen molar-refractivity contribution in [3.8, 4) is 0 Å². The third-order valence-electron chi connectivity index (χ3n) is 3.97. The van der Waals surface area contributed by atoms with E-state index >= 15 is 0 Å². The number of rotatable bonds is 3. The van der Waals surface area contributed by atoms with Crippen molar-refractivity contribution in [3.63, 3.8) is 0 Å². The third-order valence-corrected chi connectivity index (χ3v) is 6.49. The Morgan fingerprint density at radius 1 is 1.09 bits per heavy atom. The molecule has 2 unspecified atom stereocenters. The van der Waals surface area contributed by atoms with E-state index in [1.54, 1.807) is 24.3 Å². The van der Waals surface area contributed by atoms with Crippen molar-refractivity contribution in [1.82, 2.24) is 4.31 Å². The van der Waals surface area contributed by atoms with Gasteiger partial charge in [0.15, 0.2) is 0 Å². The maximum absolute atomic E-state index is 12.9. The summed E-state index contributed by atoms with van der Waals surface area (Å²) >= 11 is 3.33. The number of sulfonamides is 1. The topological polar surface area (TPSA) is 46.6 Å². The van der Waals surface area contributed by atoms with Gasteiger partial charge in [-0.3, -0.25) is 0 Å². The fourth-order valence-electron chi connectivity index (χ4n) is 2.68. The summed E-state index contributed by atoms with van der Waals surface area (Å²) in [6.45, 7) is 2.58. The van der Waals surface area contributed by atoms with Gasteiger partial charge in [-0.05, 0) is 36.8 Å². The average molecular weight is 396 g/mol. The van der Waals surface area contributed by atoms with Crippen LogP contribution in [-0.2, 0) is 14.8 Å². The van der Waals surface area contributed by atoms with E-state index in [2.05, 4.69) is 15.9 Å². The zero-order chi connectivity index (χ0) is 16.4. The molecule has 0 saturated carbocycles. The fourth-order valence-corrected chi connectivity index (χ4v) is 4.56. The zero-order valence-corrected chi connectivity index (χ0v) is 15.1. The second-order valence-electron chi connectivity index (χ2n) is 5.61. The Morgan fingerprint density at radius 2 is 1.74 bits per heavy atom. The van der Waals surface area contributed by atoms with Crippen molar-refractivity contribution < 1.29 is 13.2 Å². The van der Waals surface area contributed by atoms with Crippen LogP contribution in [-0.4, -0.2) is 31.9 Å². The summed E-state index contributed by atoms with van der Waals surface area (Å²) < 4.78 is 34.1.